The lowest BCUT2D eigenvalue weighted by molar-refractivity contribution is 0.196. The second-order valence-electron chi connectivity index (χ2n) is 6.90. The van der Waals surface area contributed by atoms with Crippen LogP contribution in [0, 0.1) is 5.82 Å². The van der Waals surface area contributed by atoms with Crippen molar-refractivity contribution in [3.8, 4) is 11.5 Å². The van der Waals surface area contributed by atoms with Crippen LogP contribution >= 0.6 is 0 Å². The van der Waals surface area contributed by atoms with Crippen molar-refractivity contribution in [3.63, 3.8) is 0 Å². The highest BCUT2D eigenvalue weighted by atomic mass is 19.1. The number of H-pyrrole nitrogens is 1. The van der Waals surface area contributed by atoms with E-state index >= 15 is 0 Å². The lowest BCUT2D eigenvalue weighted by Gasteiger charge is -2.32. The van der Waals surface area contributed by atoms with Crippen molar-refractivity contribution in [1.29, 1.82) is 0 Å². The van der Waals surface area contributed by atoms with Gasteiger partial charge in [0.25, 0.3) is 5.56 Å². The summed E-state index contributed by atoms with van der Waals surface area (Å²) >= 11 is 0. The summed E-state index contributed by atoms with van der Waals surface area (Å²) in [5, 5.41) is 0. The normalized spacial score (nSPS) is 17.7. The van der Waals surface area contributed by atoms with E-state index in [0.717, 1.165) is 31.6 Å². The average molecular weight is 364 g/mol. The zero-order valence-electron chi connectivity index (χ0n) is 14.9. The number of aromatic amines is 1. The van der Waals surface area contributed by atoms with Gasteiger partial charge in [0, 0.05) is 36.8 Å². The Morgan fingerprint density at radius 1 is 1.19 bits per heavy atom. The van der Waals surface area contributed by atoms with Gasteiger partial charge in [-0.1, -0.05) is 24.3 Å². The van der Waals surface area contributed by atoms with Crippen LogP contribution in [-0.2, 0) is 6.54 Å². The number of halogens is 1. The number of hydrogen-bond donors (Lipinski definition) is 1. The number of nitrogens with zero attached hydrogens (tertiary/aromatic N) is 3. The largest absolute Gasteiger partial charge is 0.305 e. The lowest BCUT2D eigenvalue weighted by atomic mass is 9.94. The molecule has 6 heteroatoms. The van der Waals surface area contributed by atoms with E-state index in [1.807, 2.05) is 30.3 Å². The minimum absolute atomic E-state index is 0.148. The summed E-state index contributed by atoms with van der Waals surface area (Å²) in [7, 11) is 0. The number of piperidine rings is 1. The molecule has 0 aliphatic carbocycles. The van der Waals surface area contributed by atoms with Crippen LogP contribution in [0.15, 0.2) is 59.5 Å². The van der Waals surface area contributed by atoms with Gasteiger partial charge in [-0.3, -0.25) is 14.7 Å². The Balaban J connectivity index is 1.55. The van der Waals surface area contributed by atoms with Crippen LogP contribution in [0.5, 0.6) is 0 Å². The van der Waals surface area contributed by atoms with Gasteiger partial charge in [0.2, 0.25) is 0 Å². The van der Waals surface area contributed by atoms with Crippen molar-refractivity contribution in [2.45, 2.75) is 25.3 Å². The Hall–Kier alpha value is -2.86. The molecule has 1 fully saturated rings. The molecule has 1 aliphatic rings. The maximum atomic E-state index is 14.0. The van der Waals surface area contributed by atoms with Crippen molar-refractivity contribution in [2.75, 3.05) is 13.1 Å². The molecule has 5 nitrogen and oxygen atoms in total. The van der Waals surface area contributed by atoms with Crippen LogP contribution in [0.2, 0.25) is 0 Å². The summed E-state index contributed by atoms with van der Waals surface area (Å²) in [6.07, 6.45) is 3.64. The molecule has 0 spiro atoms. The van der Waals surface area contributed by atoms with E-state index in [1.54, 1.807) is 18.3 Å². The van der Waals surface area contributed by atoms with Crippen LogP contribution in [-0.4, -0.2) is 32.9 Å². The van der Waals surface area contributed by atoms with Gasteiger partial charge in [0.1, 0.15) is 11.5 Å². The minimum Gasteiger partial charge on any atom is -0.305 e. The van der Waals surface area contributed by atoms with Gasteiger partial charge in [-0.25, -0.2) is 9.37 Å². The smallest absolute Gasteiger partial charge is 0.251 e. The predicted molar refractivity (Wildman–Crippen MR) is 102 cm³/mol. The second-order valence-corrected chi connectivity index (χ2v) is 6.90. The molecule has 4 rings (SSSR count). The average Bonchev–Trinajstić information content (AvgIpc) is 2.70. The van der Waals surface area contributed by atoms with Crippen molar-refractivity contribution in [2.24, 2.45) is 0 Å². The first-order valence-corrected chi connectivity index (χ1v) is 9.17. The number of aromatic nitrogens is 3. The van der Waals surface area contributed by atoms with Gasteiger partial charge in [0.05, 0.1) is 5.69 Å². The predicted octanol–water partition coefficient (Wildman–Crippen LogP) is 3.35. The molecular formula is C21H21FN4O. The Morgan fingerprint density at radius 2 is 2.04 bits per heavy atom. The van der Waals surface area contributed by atoms with Crippen molar-refractivity contribution < 1.29 is 4.39 Å². The summed E-state index contributed by atoms with van der Waals surface area (Å²) in [5.74, 6) is 0.464. The second kappa shape index (κ2) is 7.80. The van der Waals surface area contributed by atoms with Gasteiger partial charge in [-0.05, 0) is 37.6 Å². The van der Waals surface area contributed by atoms with Gasteiger partial charge in [-0.15, -0.1) is 0 Å². The number of hydrogen-bond acceptors (Lipinski definition) is 4. The number of likely N-dealkylation sites (tertiary alicyclic amines) is 1. The van der Waals surface area contributed by atoms with E-state index in [2.05, 4.69) is 19.9 Å². The topological polar surface area (TPSA) is 61.9 Å². The molecule has 0 saturated carbocycles. The van der Waals surface area contributed by atoms with Crippen molar-refractivity contribution in [3.05, 3.63) is 82.2 Å². The molecule has 3 aromatic rings. The van der Waals surface area contributed by atoms with Crippen LogP contribution in [0.25, 0.3) is 11.5 Å². The van der Waals surface area contributed by atoms with Gasteiger partial charge in [0.15, 0.2) is 5.82 Å². The van der Waals surface area contributed by atoms with Crippen LogP contribution in [0.4, 0.5) is 4.39 Å². The maximum Gasteiger partial charge on any atom is 0.251 e. The van der Waals surface area contributed by atoms with Gasteiger partial charge in [-0.2, -0.15) is 0 Å². The molecule has 0 bridgehead atoms. The molecule has 1 aliphatic heterocycles. The highest BCUT2D eigenvalue weighted by Gasteiger charge is 2.24. The third-order valence-corrected chi connectivity index (χ3v) is 4.94. The van der Waals surface area contributed by atoms with Gasteiger partial charge < -0.3 is 4.98 Å². The minimum atomic E-state index is -0.175. The molecule has 1 aromatic carbocycles. The lowest BCUT2D eigenvalue weighted by Crippen LogP contribution is -2.35. The number of benzene rings is 1. The molecule has 0 amide bonds. The van der Waals surface area contributed by atoms with E-state index in [0.29, 0.717) is 23.6 Å². The quantitative estimate of drug-likeness (QED) is 0.771. The molecule has 1 saturated heterocycles. The summed E-state index contributed by atoms with van der Waals surface area (Å²) in [6, 6.07) is 14.0. The van der Waals surface area contributed by atoms with E-state index in [4.69, 9.17) is 0 Å². The third-order valence-electron chi connectivity index (χ3n) is 4.94. The molecule has 1 N–H and O–H groups in total. The third kappa shape index (κ3) is 4.11. The molecule has 0 unspecified atom stereocenters. The Labute approximate surface area is 156 Å². The Morgan fingerprint density at radius 3 is 2.85 bits per heavy atom. The molecule has 3 heterocycles. The Kier molecular flexibility index (Phi) is 5.07. The van der Waals surface area contributed by atoms with E-state index in [9.17, 15) is 9.18 Å². The molecular weight excluding hydrogens is 343 g/mol. The van der Waals surface area contributed by atoms with Crippen molar-refractivity contribution in [1.82, 2.24) is 19.9 Å². The highest BCUT2D eigenvalue weighted by molar-refractivity contribution is 5.48. The fourth-order valence-electron chi connectivity index (χ4n) is 3.62. The van der Waals surface area contributed by atoms with Crippen molar-refractivity contribution >= 4 is 0 Å². The standard InChI is InChI=1S/C21H21FN4O/c22-17-8-2-1-6-15(17)13-26-11-5-7-16(14-26)19-12-20(27)25-21(24-19)18-9-3-4-10-23-18/h1-4,6,8-10,12,16H,5,7,11,13-14H2,(H,24,25,27)/t16-/m0/s1. The molecule has 1 atom stereocenters. The fourth-order valence-corrected chi connectivity index (χ4v) is 3.62. The number of pyridine rings is 1. The number of nitrogens with one attached hydrogen (secondary N) is 1. The zero-order valence-corrected chi connectivity index (χ0v) is 14.9. The van der Waals surface area contributed by atoms with E-state index in [1.165, 1.54) is 6.07 Å². The first-order valence-electron chi connectivity index (χ1n) is 9.17. The monoisotopic (exact) mass is 364 g/mol. The highest BCUT2D eigenvalue weighted by Crippen LogP contribution is 2.27. The SMILES string of the molecule is O=c1cc([C@H]2CCCN(Cc3ccccc3F)C2)nc(-c2ccccn2)[nH]1. The van der Waals surface area contributed by atoms with E-state index in [-0.39, 0.29) is 17.3 Å². The first-order chi connectivity index (χ1) is 13.2. The molecule has 2 aromatic heterocycles. The Bertz CT molecular complexity index is 973. The summed E-state index contributed by atoms with van der Waals surface area (Å²) in [5.41, 5.74) is 1.95. The van der Waals surface area contributed by atoms with Crippen LogP contribution in [0.1, 0.15) is 30.0 Å². The van der Waals surface area contributed by atoms with E-state index < -0.39 is 0 Å². The summed E-state index contributed by atoms with van der Waals surface area (Å²) in [4.78, 5) is 26.1. The van der Waals surface area contributed by atoms with Crippen LogP contribution < -0.4 is 5.56 Å². The molecule has 138 valence electrons. The molecule has 0 radical (unpaired) electrons. The molecule has 27 heavy (non-hydrogen) atoms. The van der Waals surface area contributed by atoms with Crippen LogP contribution in [0.3, 0.4) is 0 Å². The number of rotatable bonds is 4. The summed E-state index contributed by atoms with van der Waals surface area (Å²) in [6.45, 7) is 2.24. The maximum absolute atomic E-state index is 14.0. The van der Waals surface area contributed by atoms with Gasteiger partial charge >= 0.3 is 0 Å². The first kappa shape index (κ1) is 17.5. The fraction of sp³-hybridized carbons (Fsp3) is 0.286. The summed E-state index contributed by atoms with van der Waals surface area (Å²) < 4.78 is 14.0. The zero-order chi connectivity index (χ0) is 18.6.